The molecule has 3 heteroatoms. The predicted molar refractivity (Wildman–Crippen MR) is 67.9 cm³/mol. The molecule has 2 rings (SSSR count). The molecule has 2 atom stereocenters. The molecule has 86 valence electrons. The lowest BCUT2D eigenvalue weighted by atomic mass is 10.0. The zero-order valence-corrected chi connectivity index (χ0v) is 10.6. The van der Waals surface area contributed by atoms with E-state index in [0.717, 1.165) is 18.4 Å². The van der Waals surface area contributed by atoms with Gasteiger partial charge in [-0.1, -0.05) is 19.1 Å². The molecule has 0 aromatic heterocycles. The van der Waals surface area contributed by atoms with E-state index < -0.39 is 0 Å². The van der Waals surface area contributed by atoms with Gasteiger partial charge in [-0.15, -0.1) is 0 Å². The first-order valence-electron chi connectivity index (χ1n) is 6.03. The number of nitrogens with two attached hydrogens (primary N) is 1. The Bertz CT molecular complexity index is 260. The SMILES string of the molecule is CC1CC(C)N(CC2(CC(N)=S)CC2)C1. The molecule has 2 unspecified atom stereocenters. The van der Waals surface area contributed by atoms with Gasteiger partial charge in [0.15, 0.2) is 0 Å². The van der Waals surface area contributed by atoms with Crippen LogP contribution < -0.4 is 5.73 Å². The van der Waals surface area contributed by atoms with Crippen molar-refractivity contribution in [3.63, 3.8) is 0 Å². The molecule has 1 saturated heterocycles. The minimum absolute atomic E-state index is 0.462. The van der Waals surface area contributed by atoms with Gasteiger partial charge in [0, 0.05) is 25.6 Å². The summed E-state index contributed by atoms with van der Waals surface area (Å²) in [5.74, 6) is 0.862. The second-order valence-corrected chi connectivity index (χ2v) is 6.29. The molecule has 0 radical (unpaired) electrons. The predicted octanol–water partition coefficient (Wildman–Crippen LogP) is 2.17. The fraction of sp³-hybridized carbons (Fsp3) is 0.917. The molecule has 0 aromatic rings. The molecule has 0 spiro atoms. The Balaban J connectivity index is 1.89. The van der Waals surface area contributed by atoms with E-state index >= 15 is 0 Å². The van der Waals surface area contributed by atoms with Gasteiger partial charge in [-0.05, 0) is 37.5 Å². The molecular formula is C12H22N2S. The van der Waals surface area contributed by atoms with Crippen molar-refractivity contribution >= 4 is 17.2 Å². The lowest BCUT2D eigenvalue weighted by molar-refractivity contribution is 0.214. The number of hydrogen-bond donors (Lipinski definition) is 1. The van der Waals surface area contributed by atoms with Crippen molar-refractivity contribution in [1.82, 2.24) is 4.90 Å². The first-order valence-corrected chi connectivity index (χ1v) is 6.44. The summed E-state index contributed by atoms with van der Waals surface area (Å²) in [6, 6.07) is 0.754. The highest BCUT2D eigenvalue weighted by Crippen LogP contribution is 2.50. The van der Waals surface area contributed by atoms with E-state index in [0.29, 0.717) is 10.4 Å². The lowest BCUT2D eigenvalue weighted by Gasteiger charge is -2.26. The van der Waals surface area contributed by atoms with Gasteiger partial charge in [0.1, 0.15) is 0 Å². The first-order chi connectivity index (χ1) is 7.01. The van der Waals surface area contributed by atoms with Gasteiger partial charge in [-0.25, -0.2) is 0 Å². The Labute approximate surface area is 98.2 Å². The molecule has 1 heterocycles. The molecular weight excluding hydrogens is 204 g/mol. The Morgan fingerprint density at radius 3 is 2.53 bits per heavy atom. The van der Waals surface area contributed by atoms with Gasteiger partial charge in [0.2, 0.25) is 0 Å². The Morgan fingerprint density at radius 2 is 2.13 bits per heavy atom. The minimum atomic E-state index is 0.462. The van der Waals surface area contributed by atoms with Gasteiger partial charge >= 0.3 is 0 Å². The Morgan fingerprint density at radius 1 is 1.47 bits per heavy atom. The van der Waals surface area contributed by atoms with Crippen LogP contribution in [0.1, 0.15) is 39.5 Å². The van der Waals surface area contributed by atoms with Crippen molar-refractivity contribution in [2.24, 2.45) is 17.1 Å². The summed E-state index contributed by atoms with van der Waals surface area (Å²) >= 11 is 5.04. The van der Waals surface area contributed by atoms with Crippen LogP contribution in [0.3, 0.4) is 0 Å². The zero-order chi connectivity index (χ0) is 11.1. The third-order valence-corrected chi connectivity index (χ3v) is 4.10. The van der Waals surface area contributed by atoms with E-state index in [1.807, 2.05) is 0 Å². The Kier molecular flexibility index (Phi) is 3.04. The lowest BCUT2D eigenvalue weighted by Crippen LogP contribution is -2.34. The van der Waals surface area contributed by atoms with Crippen LogP contribution >= 0.6 is 12.2 Å². The number of likely N-dealkylation sites (tertiary alicyclic amines) is 1. The molecule has 1 aliphatic heterocycles. The van der Waals surface area contributed by atoms with E-state index in [4.69, 9.17) is 18.0 Å². The molecule has 2 N–H and O–H groups in total. The third kappa shape index (κ3) is 2.70. The van der Waals surface area contributed by atoms with Crippen LogP contribution in [0.4, 0.5) is 0 Å². The summed E-state index contributed by atoms with van der Waals surface area (Å²) in [6.45, 7) is 7.18. The standard InChI is InChI=1S/C12H22N2S/c1-9-5-10(2)14(7-9)8-12(3-4-12)6-11(13)15/h9-10H,3-8H2,1-2H3,(H2,13,15). The second kappa shape index (κ2) is 4.02. The Hall–Kier alpha value is -0.150. The van der Waals surface area contributed by atoms with E-state index in [9.17, 15) is 0 Å². The maximum absolute atomic E-state index is 5.67. The number of nitrogens with zero attached hydrogens (tertiary/aromatic N) is 1. The number of rotatable bonds is 4. The highest BCUT2D eigenvalue weighted by atomic mass is 32.1. The molecule has 2 nitrogen and oxygen atoms in total. The van der Waals surface area contributed by atoms with Gasteiger partial charge < -0.3 is 5.73 Å². The van der Waals surface area contributed by atoms with E-state index in [1.54, 1.807) is 0 Å². The summed E-state index contributed by atoms with van der Waals surface area (Å²) in [4.78, 5) is 3.34. The summed E-state index contributed by atoms with van der Waals surface area (Å²) in [5, 5.41) is 0. The largest absolute Gasteiger partial charge is 0.393 e. The van der Waals surface area contributed by atoms with Gasteiger partial charge in [-0.3, -0.25) is 4.90 Å². The maximum atomic E-state index is 5.67. The van der Waals surface area contributed by atoms with Crippen molar-refractivity contribution in [3.8, 4) is 0 Å². The molecule has 15 heavy (non-hydrogen) atoms. The maximum Gasteiger partial charge on any atom is 0.0733 e. The van der Waals surface area contributed by atoms with E-state index in [1.165, 1.54) is 32.4 Å². The molecule has 0 bridgehead atoms. The van der Waals surface area contributed by atoms with Crippen molar-refractivity contribution in [1.29, 1.82) is 0 Å². The van der Waals surface area contributed by atoms with Crippen LogP contribution in [0.5, 0.6) is 0 Å². The monoisotopic (exact) mass is 226 g/mol. The van der Waals surface area contributed by atoms with E-state index in [-0.39, 0.29) is 0 Å². The quantitative estimate of drug-likeness (QED) is 0.745. The average molecular weight is 226 g/mol. The van der Waals surface area contributed by atoms with E-state index in [2.05, 4.69) is 18.7 Å². The summed E-state index contributed by atoms with van der Waals surface area (Å²) in [6.07, 6.45) is 4.95. The molecule has 2 fully saturated rings. The van der Waals surface area contributed by atoms with Gasteiger partial charge in [-0.2, -0.15) is 0 Å². The highest BCUT2D eigenvalue weighted by molar-refractivity contribution is 7.80. The van der Waals surface area contributed by atoms with Crippen LogP contribution in [-0.2, 0) is 0 Å². The third-order valence-electron chi connectivity index (χ3n) is 3.96. The first kappa shape index (κ1) is 11.3. The van der Waals surface area contributed by atoms with Crippen LogP contribution in [-0.4, -0.2) is 29.0 Å². The van der Waals surface area contributed by atoms with Crippen molar-refractivity contribution < 1.29 is 0 Å². The fourth-order valence-corrected chi connectivity index (χ4v) is 3.28. The number of hydrogen-bond acceptors (Lipinski definition) is 2. The summed E-state index contributed by atoms with van der Waals surface area (Å²) in [5.41, 5.74) is 6.13. The molecule has 2 aliphatic rings. The zero-order valence-electron chi connectivity index (χ0n) is 9.83. The molecule has 0 aromatic carbocycles. The van der Waals surface area contributed by atoms with Crippen LogP contribution in [0.2, 0.25) is 0 Å². The van der Waals surface area contributed by atoms with Crippen molar-refractivity contribution in [2.75, 3.05) is 13.1 Å². The summed E-state index contributed by atoms with van der Waals surface area (Å²) in [7, 11) is 0. The highest BCUT2D eigenvalue weighted by Gasteiger charge is 2.45. The average Bonchev–Trinajstić information content (AvgIpc) is 2.74. The molecule has 1 saturated carbocycles. The smallest absolute Gasteiger partial charge is 0.0733 e. The molecule has 1 aliphatic carbocycles. The molecule has 0 amide bonds. The van der Waals surface area contributed by atoms with Crippen LogP contribution in [0.15, 0.2) is 0 Å². The van der Waals surface area contributed by atoms with Crippen LogP contribution in [0.25, 0.3) is 0 Å². The topological polar surface area (TPSA) is 29.3 Å². The van der Waals surface area contributed by atoms with Gasteiger partial charge in [0.25, 0.3) is 0 Å². The normalized spacial score (nSPS) is 34.3. The number of thiocarbonyl (C=S) groups is 1. The fourth-order valence-electron chi connectivity index (χ4n) is 2.97. The van der Waals surface area contributed by atoms with Gasteiger partial charge in [0.05, 0.1) is 4.99 Å². The van der Waals surface area contributed by atoms with Crippen molar-refractivity contribution in [2.45, 2.75) is 45.6 Å². The minimum Gasteiger partial charge on any atom is -0.393 e. The van der Waals surface area contributed by atoms with Crippen molar-refractivity contribution in [3.05, 3.63) is 0 Å². The van der Waals surface area contributed by atoms with Crippen LogP contribution in [0, 0.1) is 11.3 Å². The summed E-state index contributed by atoms with van der Waals surface area (Å²) < 4.78 is 0. The second-order valence-electron chi connectivity index (χ2n) is 5.76.